The Morgan fingerprint density at radius 1 is 0.500 bits per heavy atom. The van der Waals surface area contributed by atoms with Crippen molar-refractivity contribution < 1.29 is 0 Å². The minimum Gasteiger partial charge on any atom is -0.321 e. The van der Waals surface area contributed by atoms with Crippen molar-refractivity contribution in [3.63, 3.8) is 0 Å². The second-order valence-electron chi connectivity index (χ2n) is 17.5. The van der Waals surface area contributed by atoms with E-state index in [1.54, 1.807) is 0 Å². The van der Waals surface area contributed by atoms with Crippen molar-refractivity contribution in [1.29, 1.82) is 0 Å². The highest BCUT2D eigenvalue weighted by atomic mass is 15.0. The summed E-state index contributed by atoms with van der Waals surface area (Å²) < 4.78 is 4.78. The summed E-state index contributed by atoms with van der Waals surface area (Å²) in [6.07, 6.45) is 8.17. The number of hydrogen-bond acceptors (Lipinski definition) is 2. The lowest BCUT2D eigenvalue weighted by Gasteiger charge is -2.20. The second kappa shape index (κ2) is 15.4. The van der Waals surface area contributed by atoms with E-state index in [0.717, 1.165) is 52.0 Å². The lowest BCUT2D eigenvalue weighted by atomic mass is 9.92. The molecule has 66 heavy (non-hydrogen) atoms. The average Bonchev–Trinajstić information content (AvgIpc) is 3.90. The van der Waals surface area contributed by atoms with Crippen molar-refractivity contribution in [2.75, 3.05) is 0 Å². The molecule has 12 aromatic rings. The fourth-order valence-electron chi connectivity index (χ4n) is 10.9. The molecule has 2 aromatic heterocycles. The third-order valence-corrected chi connectivity index (χ3v) is 13.9. The average molecular weight is 845 g/mol. The molecule has 2 heterocycles. The summed E-state index contributed by atoms with van der Waals surface area (Å²) in [5.41, 5.74) is 20.5. The van der Waals surface area contributed by atoms with Crippen LogP contribution >= 0.6 is 0 Å². The van der Waals surface area contributed by atoms with Gasteiger partial charge < -0.3 is 10.3 Å². The molecule has 1 unspecified atom stereocenters. The summed E-state index contributed by atoms with van der Waals surface area (Å²) in [7, 11) is 0. The number of allylic oxidation sites excluding steroid dienone is 1. The summed E-state index contributed by atoms with van der Waals surface area (Å²) in [6.45, 7) is 0. The third-order valence-electron chi connectivity index (χ3n) is 13.9. The Morgan fingerprint density at radius 3 is 1.98 bits per heavy atom. The van der Waals surface area contributed by atoms with E-state index in [0.29, 0.717) is 0 Å². The van der Waals surface area contributed by atoms with Crippen molar-refractivity contribution in [3.8, 4) is 27.9 Å². The Balaban J connectivity index is 1.11. The third kappa shape index (κ3) is 5.99. The lowest BCUT2D eigenvalue weighted by Crippen LogP contribution is -2.23. The van der Waals surface area contributed by atoms with Crippen molar-refractivity contribution >= 4 is 88.0 Å². The first-order valence-electron chi connectivity index (χ1n) is 22.9. The molecule has 0 spiro atoms. The molecule has 0 saturated heterocycles. The van der Waals surface area contributed by atoms with Crippen LogP contribution in [-0.2, 0) is 0 Å². The van der Waals surface area contributed by atoms with Gasteiger partial charge in [-0.05, 0) is 87.0 Å². The van der Waals surface area contributed by atoms with Gasteiger partial charge in [-0.3, -0.25) is 4.57 Å². The molecular weight excluding hydrogens is 801 g/mol. The van der Waals surface area contributed by atoms with E-state index in [1.807, 2.05) is 0 Å². The van der Waals surface area contributed by atoms with Gasteiger partial charge in [0.1, 0.15) is 6.34 Å². The standard InChI is InChI=1S/C62H44N4/c63-55-28-13-11-25-53(55)60(43-32-30-41(31-33-43)40-16-3-1-4-17-40)64-39-65-56-37-35-44(47-26-15-27-52-49-23-12-14-29-57(49)66(61(47)52)45-19-5-2-6-20-45)38-54(56)59-58-46-21-8-7-18-42(46)34-36-50(58)48-22-9-10-24-51(48)62(59)65/h1-10,12-24,26-39,55H,11,25,63H2/b60-53-,64-39+. The van der Waals surface area contributed by atoms with Crippen LogP contribution in [0.4, 0.5) is 0 Å². The molecule has 4 nitrogen and oxygen atoms in total. The smallest absolute Gasteiger partial charge is 0.100 e. The molecular formula is C62H44N4. The van der Waals surface area contributed by atoms with Crippen molar-refractivity contribution in [3.05, 3.63) is 230 Å². The zero-order chi connectivity index (χ0) is 43.7. The number of nitrogens with two attached hydrogens (primary N) is 1. The molecule has 1 atom stereocenters. The number of aliphatic imine (C=N–C) groups is 1. The van der Waals surface area contributed by atoms with E-state index < -0.39 is 0 Å². The van der Waals surface area contributed by atoms with E-state index in [2.05, 4.69) is 234 Å². The molecule has 312 valence electrons. The quantitative estimate of drug-likeness (QED) is 0.0771. The van der Waals surface area contributed by atoms with Gasteiger partial charge in [-0.25, -0.2) is 4.99 Å². The highest BCUT2D eigenvalue weighted by molar-refractivity contribution is 6.37. The topological polar surface area (TPSA) is 48.2 Å². The van der Waals surface area contributed by atoms with Crippen molar-refractivity contribution in [2.24, 2.45) is 10.7 Å². The monoisotopic (exact) mass is 844 g/mol. The zero-order valence-corrected chi connectivity index (χ0v) is 36.3. The van der Waals surface area contributed by atoms with E-state index in [-0.39, 0.29) is 6.04 Å². The Labute approximate surface area is 382 Å². The maximum absolute atomic E-state index is 6.91. The number of rotatable bonds is 6. The molecule has 1 aliphatic rings. The Morgan fingerprint density at radius 2 is 1.17 bits per heavy atom. The minimum atomic E-state index is -0.217. The van der Waals surface area contributed by atoms with Crippen LogP contribution in [0.25, 0.3) is 110 Å². The summed E-state index contributed by atoms with van der Waals surface area (Å²) in [5, 5.41) is 12.2. The maximum Gasteiger partial charge on any atom is 0.100 e. The van der Waals surface area contributed by atoms with E-state index >= 15 is 0 Å². The second-order valence-corrected chi connectivity index (χ2v) is 17.5. The number of hydrogen-bond donors (Lipinski definition) is 1. The number of aromatic nitrogens is 2. The van der Waals surface area contributed by atoms with Crippen molar-refractivity contribution in [2.45, 2.75) is 18.9 Å². The SMILES string of the molecule is NC1C=CCC/C1=C(/N=C/n1c2ccc(-c3cccc4c5ccccc5n(-c5ccccc5)c34)cc2c2c3c4ccccc4ccc3c3ccccc3c21)c1ccc(-c2ccccc2)cc1. The lowest BCUT2D eigenvalue weighted by molar-refractivity contribution is 0.806. The zero-order valence-electron chi connectivity index (χ0n) is 36.3. The number of para-hydroxylation sites is 3. The molecule has 1 aliphatic carbocycles. The van der Waals surface area contributed by atoms with Crippen LogP contribution in [-0.4, -0.2) is 21.5 Å². The molecule has 4 heteroatoms. The minimum absolute atomic E-state index is 0.217. The summed E-state index contributed by atoms with van der Waals surface area (Å²) >= 11 is 0. The number of nitrogens with zero attached hydrogens (tertiary/aromatic N) is 3. The molecule has 2 N–H and O–H groups in total. The molecule has 0 fully saturated rings. The first kappa shape index (κ1) is 38.2. The molecule has 0 radical (unpaired) electrons. The van der Waals surface area contributed by atoms with Gasteiger partial charge in [-0.1, -0.05) is 188 Å². The van der Waals surface area contributed by atoms with Gasteiger partial charge in [-0.15, -0.1) is 0 Å². The van der Waals surface area contributed by atoms with Crippen LogP contribution in [0.1, 0.15) is 18.4 Å². The van der Waals surface area contributed by atoms with Crippen LogP contribution < -0.4 is 5.73 Å². The Kier molecular flexibility index (Phi) is 8.93. The maximum atomic E-state index is 6.91. The van der Waals surface area contributed by atoms with Gasteiger partial charge in [0.2, 0.25) is 0 Å². The molecule has 0 bridgehead atoms. The fourth-order valence-corrected chi connectivity index (χ4v) is 10.9. The predicted octanol–water partition coefficient (Wildman–Crippen LogP) is 15.7. The molecule has 0 aliphatic heterocycles. The summed E-state index contributed by atoms with van der Waals surface area (Å²) in [6, 6.07) is 74.8. The van der Waals surface area contributed by atoms with Gasteiger partial charge in [0, 0.05) is 55.2 Å². The summed E-state index contributed by atoms with van der Waals surface area (Å²) in [4.78, 5) is 5.55. The fraction of sp³-hybridized carbons (Fsp3) is 0.0484. The number of benzene rings is 10. The highest BCUT2D eigenvalue weighted by Gasteiger charge is 2.23. The Hall–Kier alpha value is -8.31. The van der Waals surface area contributed by atoms with Crippen LogP contribution in [0, 0.1) is 0 Å². The Bertz CT molecular complexity index is 3980. The van der Waals surface area contributed by atoms with Crippen LogP contribution in [0.5, 0.6) is 0 Å². The number of fused-ring (bicyclic) bond motifs is 13. The van der Waals surface area contributed by atoms with Crippen LogP contribution in [0.2, 0.25) is 0 Å². The van der Waals surface area contributed by atoms with Gasteiger partial charge in [0.05, 0.1) is 27.8 Å². The first-order valence-corrected chi connectivity index (χ1v) is 22.9. The van der Waals surface area contributed by atoms with Crippen molar-refractivity contribution in [1.82, 2.24) is 9.13 Å². The van der Waals surface area contributed by atoms with E-state index in [4.69, 9.17) is 10.7 Å². The molecule has 0 saturated carbocycles. The van der Waals surface area contributed by atoms with Gasteiger partial charge >= 0.3 is 0 Å². The predicted molar refractivity (Wildman–Crippen MR) is 281 cm³/mol. The van der Waals surface area contributed by atoms with Crippen LogP contribution in [0.3, 0.4) is 0 Å². The highest BCUT2D eigenvalue weighted by Crippen LogP contribution is 2.46. The van der Waals surface area contributed by atoms with Gasteiger partial charge in [0.15, 0.2) is 0 Å². The normalized spacial score (nSPS) is 15.1. The van der Waals surface area contributed by atoms with Gasteiger partial charge in [-0.2, -0.15) is 0 Å². The molecule has 10 aromatic carbocycles. The largest absolute Gasteiger partial charge is 0.321 e. The van der Waals surface area contributed by atoms with Crippen LogP contribution in [0.15, 0.2) is 229 Å². The van der Waals surface area contributed by atoms with E-state index in [9.17, 15) is 0 Å². The van der Waals surface area contributed by atoms with Gasteiger partial charge in [0.25, 0.3) is 0 Å². The van der Waals surface area contributed by atoms with E-state index in [1.165, 1.54) is 81.6 Å². The summed E-state index contributed by atoms with van der Waals surface area (Å²) in [5.74, 6) is 0. The molecule has 0 amide bonds. The molecule has 13 rings (SSSR count). The first-order chi connectivity index (χ1) is 32.7.